The minimum Gasteiger partial charge on any atom is -0.357 e. The van der Waals surface area contributed by atoms with E-state index in [4.69, 9.17) is 0 Å². The van der Waals surface area contributed by atoms with Gasteiger partial charge in [-0.25, -0.2) is 0 Å². The van der Waals surface area contributed by atoms with Gasteiger partial charge in [0, 0.05) is 11.4 Å². The van der Waals surface area contributed by atoms with Crippen molar-refractivity contribution in [1.82, 2.24) is 9.97 Å². The summed E-state index contributed by atoms with van der Waals surface area (Å²) < 4.78 is 0. The zero-order valence-corrected chi connectivity index (χ0v) is 7.39. The summed E-state index contributed by atoms with van der Waals surface area (Å²) in [7, 11) is 0. The Kier molecular flexibility index (Phi) is 1.61. The van der Waals surface area contributed by atoms with E-state index in [0.717, 1.165) is 23.1 Å². The Morgan fingerprint density at radius 2 is 2.25 bits per heavy atom. The van der Waals surface area contributed by atoms with Gasteiger partial charge in [-0.3, -0.25) is 4.98 Å². The number of H-pyrrole nitrogens is 1. The summed E-state index contributed by atoms with van der Waals surface area (Å²) in [5.41, 5.74) is 4.54. The van der Waals surface area contributed by atoms with Crippen molar-refractivity contribution in [2.24, 2.45) is 0 Å². The molecule has 0 aliphatic rings. The highest BCUT2D eigenvalue weighted by molar-refractivity contribution is 5.76. The summed E-state index contributed by atoms with van der Waals surface area (Å²) in [4.78, 5) is 7.72. The molecular formula is C10H12N2. The fourth-order valence-electron chi connectivity index (χ4n) is 1.36. The number of pyridine rings is 1. The number of aryl methyl sites for hydroxylation is 2. The Labute approximate surface area is 71.6 Å². The molecule has 0 aliphatic carbocycles. The Morgan fingerprint density at radius 1 is 1.42 bits per heavy atom. The summed E-state index contributed by atoms with van der Waals surface area (Å²) in [6.45, 7) is 4.15. The standard InChI is InChI=1S/C10H12N2/c1-3-8-6-10-9(12-8)5-4-7(2)11-10/h4-6,12H,3H2,1-2H3. The van der Waals surface area contributed by atoms with Gasteiger partial charge in [0.05, 0.1) is 11.0 Å². The highest BCUT2D eigenvalue weighted by atomic mass is 14.8. The zero-order valence-electron chi connectivity index (χ0n) is 7.39. The summed E-state index contributed by atoms with van der Waals surface area (Å²) in [6, 6.07) is 6.22. The van der Waals surface area contributed by atoms with Gasteiger partial charge in [0.15, 0.2) is 0 Å². The van der Waals surface area contributed by atoms with Gasteiger partial charge in [-0.15, -0.1) is 0 Å². The lowest BCUT2D eigenvalue weighted by Gasteiger charge is -1.89. The molecule has 2 heteroatoms. The molecule has 0 amide bonds. The Hall–Kier alpha value is -1.31. The molecule has 2 aromatic rings. The van der Waals surface area contributed by atoms with E-state index in [1.807, 2.05) is 13.0 Å². The van der Waals surface area contributed by atoms with E-state index >= 15 is 0 Å². The lowest BCUT2D eigenvalue weighted by Crippen LogP contribution is -1.78. The van der Waals surface area contributed by atoms with Crippen molar-refractivity contribution in [3.05, 3.63) is 29.6 Å². The van der Waals surface area contributed by atoms with Crippen molar-refractivity contribution >= 4 is 11.0 Å². The molecule has 0 aliphatic heterocycles. The summed E-state index contributed by atoms with van der Waals surface area (Å²) in [6.07, 6.45) is 1.04. The number of hydrogen-bond donors (Lipinski definition) is 1. The van der Waals surface area contributed by atoms with Gasteiger partial charge in [-0.1, -0.05) is 6.92 Å². The lowest BCUT2D eigenvalue weighted by atomic mass is 10.3. The summed E-state index contributed by atoms with van der Waals surface area (Å²) in [5.74, 6) is 0. The molecule has 0 fully saturated rings. The van der Waals surface area contributed by atoms with Crippen molar-refractivity contribution in [1.29, 1.82) is 0 Å². The second kappa shape index (κ2) is 2.63. The molecule has 0 bridgehead atoms. The van der Waals surface area contributed by atoms with Crippen LogP contribution in [0, 0.1) is 6.92 Å². The van der Waals surface area contributed by atoms with Crippen molar-refractivity contribution in [3.8, 4) is 0 Å². The first kappa shape index (κ1) is 7.35. The normalized spacial score (nSPS) is 10.8. The fraction of sp³-hybridized carbons (Fsp3) is 0.300. The second-order valence-corrected chi connectivity index (χ2v) is 3.03. The van der Waals surface area contributed by atoms with Crippen molar-refractivity contribution < 1.29 is 0 Å². The molecule has 0 aromatic carbocycles. The molecule has 0 radical (unpaired) electrons. The van der Waals surface area contributed by atoms with Crippen LogP contribution >= 0.6 is 0 Å². The maximum Gasteiger partial charge on any atom is 0.0884 e. The van der Waals surface area contributed by atoms with Crippen LogP contribution in [0.5, 0.6) is 0 Å². The summed E-state index contributed by atoms with van der Waals surface area (Å²) in [5, 5.41) is 0. The molecule has 0 spiro atoms. The molecule has 2 heterocycles. The van der Waals surface area contributed by atoms with Crippen LogP contribution in [0.2, 0.25) is 0 Å². The number of nitrogens with zero attached hydrogens (tertiary/aromatic N) is 1. The lowest BCUT2D eigenvalue weighted by molar-refractivity contribution is 1.07. The van der Waals surface area contributed by atoms with Crippen LogP contribution in [0.25, 0.3) is 11.0 Å². The van der Waals surface area contributed by atoms with Gasteiger partial charge < -0.3 is 4.98 Å². The quantitative estimate of drug-likeness (QED) is 0.682. The monoisotopic (exact) mass is 160 g/mol. The maximum absolute atomic E-state index is 4.41. The first-order chi connectivity index (χ1) is 5.79. The van der Waals surface area contributed by atoms with Crippen LogP contribution in [-0.4, -0.2) is 9.97 Å². The third kappa shape index (κ3) is 1.09. The second-order valence-electron chi connectivity index (χ2n) is 3.03. The minimum atomic E-state index is 1.04. The highest BCUT2D eigenvalue weighted by Crippen LogP contribution is 2.13. The van der Waals surface area contributed by atoms with Gasteiger partial charge in [-0.2, -0.15) is 0 Å². The largest absolute Gasteiger partial charge is 0.357 e. The fourth-order valence-corrected chi connectivity index (χ4v) is 1.36. The van der Waals surface area contributed by atoms with E-state index in [2.05, 4.69) is 29.0 Å². The predicted octanol–water partition coefficient (Wildman–Crippen LogP) is 2.43. The van der Waals surface area contributed by atoms with Gasteiger partial charge in [0.1, 0.15) is 0 Å². The van der Waals surface area contributed by atoms with E-state index < -0.39 is 0 Å². The first-order valence-corrected chi connectivity index (χ1v) is 4.25. The molecule has 2 rings (SSSR count). The third-order valence-corrected chi connectivity index (χ3v) is 2.05. The van der Waals surface area contributed by atoms with Gasteiger partial charge >= 0.3 is 0 Å². The van der Waals surface area contributed by atoms with Crippen LogP contribution < -0.4 is 0 Å². The third-order valence-electron chi connectivity index (χ3n) is 2.05. The van der Waals surface area contributed by atoms with Crippen LogP contribution in [0.1, 0.15) is 18.3 Å². The maximum atomic E-state index is 4.41. The van der Waals surface area contributed by atoms with Gasteiger partial charge in [0.2, 0.25) is 0 Å². The molecule has 62 valence electrons. The number of fused-ring (bicyclic) bond motifs is 1. The van der Waals surface area contributed by atoms with E-state index in [0.29, 0.717) is 0 Å². The number of nitrogens with one attached hydrogen (secondary N) is 1. The van der Waals surface area contributed by atoms with E-state index in [9.17, 15) is 0 Å². The van der Waals surface area contributed by atoms with Crippen LogP contribution in [-0.2, 0) is 6.42 Å². The van der Waals surface area contributed by atoms with Crippen molar-refractivity contribution in [2.75, 3.05) is 0 Å². The average molecular weight is 160 g/mol. The number of hydrogen-bond acceptors (Lipinski definition) is 1. The SMILES string of the molecule is CCc1cc2nc(C)ccc2[nH]1. The number of aromatic nitrogens is 2. The van der Waals surface area contributed by atoms with Gasteiger partial charge in [-0.05, 0) is 31.5 Å². The van der Waals surface area contributed by atoms with Crippen LogP contribution in [0.3, 0.4) is 0 Å². The Morgan fingerprint density at radius 3 is 3.00 bits per heavy atom. The summed E-state index contributed by atoms with van der Waals surface area (Å²) >= 11 is 0. The Balaban J connectivity index is 2.67. The molecule has 2 nitrogen and oxygen atoms in total. The number of aromatic amines is 1. The highest BCUT2D eigenvalue weighted by Gasteiger charge is 1.99. The number of rotatable bonds is 1. The van der Waals surface area contributed by atoms with E-state index in [1.54, 1.807) is 0 Å². The molecule has 1 N–H and O–H groups in total. The molecule has 0 atom stereocenters. The molecule has 2 aromatic heterocycles. The van der Waals surface area contributed by atoms with Crippen LogP contribution in [0.15, 0.2) is 18.2 Å². The predicted molar refractivity (Wildman–Crippen MR) is 50.2 cm³/mol. The van der Waals surface area contributed by atoms with E-state index in [-0.39, 0.29) is 0 Å². The zero-order chi connectivity index (χ0) is 8.55. The first-order valence-electron chi connectivity index (χ1n) is 4.25. The van der Waals surface area contributed by atoms with Crippen molar-refractivity contribution in [2.45, 2.75) is 20.3 Å². The minimum absolute atomic E-state index is 1.04. The molecule has 0 saturated heterocycles. The molecular weight excluding hydrogens is 148 g/mol. The van der Waals surface area contributed by atoms with Crippen molar-refractivity contribution in [3.63, 3.8) is 0 Å². The topological polar surface area (TPSA) is 28.7 Å². The van der Waals surface area contributed by atoms with E-state index in [1.165, 1.54) is 5.69 Å². The smallest absolute Gasteiger partial charge is 0.0884 e. The molecule has 12 heavy (non-hydrogen) atoms. The average Bonchev–Trinajstić information content (AvgIpc) is 2.46. The molecule has 0 saturated carbocycles. The molecule has 0 unspecified atom stereocenters. The Bertz CT molecular complexity index is 401. The van der Waals surface area contributed by atoms with Crippen LogP contribution in [0.4, 0.5) is 0 Å². The van der Waals surface area contributed by atoms with Gasteiger partial charge in [0.25, 0.3) is 0 Å².